The Morgan fingerprint density at radius 3 is 1.64 bits per heavy atom. The Balaban J connectivity index is 2.63. The molecule has 5 atom stereocenters. The first-order valence-corrected chi connectivity index (χ1v) is 4.08. The molecule has 0 spiro atoms. The van der Waals surface area contributed by atoms with Gasteiger partial charge in [-0.05, 0) is 6.42 Å². The molecule has 66 valence electrons. The van der Waals surface area contributed by atoms with Gasteiger partial charge in [0, 0.05) is 11.8 Å². The van der Waals surface area contributed by atoms with Gasteiger partial charge < -0.3 is 15.3 Å². The molecular weight excluding hydrogens is 144 g/mol. The summed E-state index contributed by atoms with van der Waals surface area (Å²) in [5, 5.41) is 28.1. The second-order valence-electron chi connectivity index (χ2n) is 3.58. The Bertz CT molecular complexity index is 123. The van der Waals surface area contributed by atoms with Gasteiger partial charge in [0.15, 0.2) is 0 Å². The first-order chi connectivity index (χ1) is 5.04. The lowest BCUT2D eigenvalue weighted by molar-refractivity contribution is -0.101. The summed E-state index contributed by atoms with van der Waals surface area (Å²) in [6.45, 7) is 3.61. The van der Waals surface area contributed by atoms with Crippen LogP contribution in [0.2, 0.25) is 0 Å². The second kappa shape index (κ2) is 3.09. The van der Waals surface area contributed by atoms with Gasteiger partial charge in [0.05, 0.1) is 18.3 Å². The third-order valence-electron chi connectivity index (χ3n) is 2.77. The summed E-state index contributed by atoms with van der Waals surface area (Å²) in [6.07, 6.45) is -1.31. The maximum Gasteiger partial charge on any atom is 0.0640 e. The van der Waals surface area contributed by atoms with Gasteiger partial charge in [0.25, 0.3) is 0 Å². The van der Waals surface area contributed by atoms with Gasteiger partial charge in [-0.3, -0.25) is 0 Å². The van der Waals surface area contributed by atoms with Crippen LogP contribution in [0.3, 0.4) is 0 Å². The molecule has 0 saturated heterocycles. The van der Waals surface area contributed by atoms with E-state index in [2.05, 4.69) is 0 Å². The van der Waals surface area contributed by atoms with E-state index in [9.17, 15) is 15.3 Å². The Morgan fingerprint density at radius 1 is 0.909 bits per heavy atom. The van der Waals surface area contributed by atoms with Crippen LogP contribution >= 0.6 is 0 Å². The molecule has 0 bridgehead atoms. The molecular formula is C8H16O3. The van der Waals surface area contributed by atoms with Crippen molar-refractivity contribution in [3.8, 4) is 0 Å². The first-order valence-electron chi connectivity index (χ1n) is 4.08. The fourth-order valence-corrected chi connectivity index (χ4v) is 1.61. The highest BCUT2D eigenvalue weighted by Crippen LogP contribution is 2.29. The van der Waals surface area contributed by atoms with Crippen molar-refractivity contribution in [2.75, 3.05) is 0 Å². The molecule has 3 heteroatoms. The normalized spacial score (nSPS) is 52.6. The molecule has 11 heavy (non-hydrogen) atoms. The van der Waals surface area contributed by atoms with E-state index in [1.54, 1.807) is 13.8 Å². The van der Waals surface area contributed by atoms with Crippen LogP contribution in [0.5, 0.6) is 0 Å². The predicted octanol–water partition coefficient (Wildman–Crippen LogP) is -0.255. The topological polar surface area (TPSA) is 60.7 Å². The number of aliphatic hydroxyl groups excluding tert-OH is 3. The lowest BCUT2D eigenvalue weighted by Gasteiger charge is -2.37. The van der Waals surface area contributed by atoms with Crippen molar-refractivity contribution in [1.82, 2.24) is 0 Å². The third-order valence-corrected chi connectivity index (χ3v) is 2.77. The highest BCUT2D eigenvalue weighted by atomic mass is 16.3. The van der Waals surface area contributed by atoms with Gasteiger partial charge in [0.2, 0.25) is 0 Å². The SMILES string of the molecule is CC1C(O)CC(O)[C@@H](C)C1O. The molecule has 1 saturated carbocycles. The van der Waals surface area contributed by atoms with Crippen LogP contribution in [-0.4, -0.2) is 33.6 Å². The van der Waals surface area contributed by atoms with Gasteiger partial charge in [0.1, 0.15) is 0 Å². The zero-order chi connectivity index (χ0) is 8.59. The van der Waals surface area contributed by atoms with Crippen molar-refractivity contribution >= 4 is 0 Å². The van der Waals surface area contributed by atoms with Gasteiger partial charge in [-0.15, -0.1) is 0 Å². The van der Waals surface area contributed by atoms with Crippen LogP contribution in [-0.2, 0) is 0 Å². The Labute approximate surface area is 66.7 Å². The van der Waals surface area contributed by atoms with Crippen LogP contribution in [0.4, 0.5) is 0 Å². The minimum absolute atomic E-state index is 0.117. The summed E-state index contributed by atoms with van der Waals surface area (Å²) in [5.74, 6) is -0.234. The van der Waals surface area contributed by atoms with Gasteiger partial charge in [-0.25, -0.2) is 0 Å². The lowest BCUT2D eigenvalue weighted by Crippen LogP contribution is -2.46. The van der Waals surface area contributed by atoms with E-state index in [4.69, 9.17) is 0 Å². The molecule has 0 aromatic heterocycles. The van der Waals surface area contributed by atoms with Crippen molar-refractivity contribution in [1.29, 1.82) is 0 Å². The Kier molecular flexibility index (Phi) is 2.52. The minimum Gasteiger partial charge on any atom is -0.393 e. The number of hydrogen-bond acceptors (Lipinski definition) is 3. The van der Waals surface area contributed by atoms with Crippen LogP contribution in [0.1, 0.15) is 20.3 Å². The molecule has 0 aromatic rings. The highest BCUT2D eigenvalue weighted by Gasteiger charge is 2.37. The number of rotatable bonds is 0. The molecule has 1 aliphatic carbocycles. The zero-order valence-corrected chi connectivity index (χ0v) is 6.94. The largest absolute Gasteiger partial charge is 0.393 e. The Morgan fingerprint density at radius 2 is 1.27 bits per heavy atom. The molecule has 3 N–H and O–H groups in total. The second-order valence-corrected chi connectivity index (χ2v) is 3.58. The van der Waals surface area contributed by atoms with Crippen LogP contribution in [0.15, 0.2) is 0 Å². The maximum atomic E-state index is 9.47. The monoisotopic (exact) mass is 160 g/mol. The minimum atomic E-state index is -0.575. The van der Waals surface area contributed by atoms with Crippen LogP contribution < -0.4 is 0 Å². The summed E-state index contributed by atoms with van der Waals surface area (Å²) < 4.78 is 0. The average molecular weight is 160 g/mol. The number of hydrogen-bond donors (Lipinski definition) is 3. The van der Waals surface area contributed by atoms with Crippen molar-refractivity contribution < 1.29 is 15.3 Å². The third kappa shape index (κ3) is 1.55. The van der Waals surface area contributed by atoms with E-state index in [-0.39, 0.29) is 11.8 Å². The summed E-state index contributed by atoms with van der Waals surface area (Å²) >= 11 is 0. The molecule has 4 unspecified atom stereocenters. The molecule has 0 aliphatic heterocycles. The van der Waals surface area contributed by atoms with E-state index in [1.165, 1.54) is 0 Å². The highest BCUT2D eigenvalue weighted by molar-refractivity contribution is 4.87. The van der Waals surface area contributed by atoms with Crippen LogP contribution in [0, 0.1) is 11.8 Å². The fourth-order valence-electron chi connectivity index (χ4n) is 1.61. The van der Waals surface area contributed by atoms with E-state index < -0.39 is 18.3 Å². The molecule has 1 fully saturated rings. The fraction of sp³-hybridized carbons (Fsp3) is 1.00. The first kappa shape index (κ1) is 8.97. The lowest BCUT2D eigenvalue weighted by atomic mass is 9.77. The maximum absolute atomic E-state index is 9.47. The molecule has 0 heterocycles. The van der Waals surface area contributed by atoms with Crippen molar-refractivity contribution in [3.63, 3.8) is 0 Å². The molecule has 3 nitrogen and oxygen atoms in total. The summed E-state index contributed by atoms with van der Waals surface area (Å²) in [6, 6.07) is 0. The quantitative estimate of drug-likeness (QED) is 0.458. The van der Waals surface area contributed by atoms with Crippen LogP contribution in [0.25, 0.3) is 0 Å². The van der Waals surface area contributed by atoms with Gasteiger partial charge in [-0.1, -0.05) is 13.8 Å². The van der Waals surface area contributed by atoms with E-state index in [0.29, 0.717) is 6.42 Å². The average Bonchev–Trinajstić information content (AvgIpc) is 1.97. The molecule has 1 aliphatic rings. The van der Waals surface area contributed by atoms with Crippen molar-refractivity contribution in [2.45, 2.75) is 38.6 Å². The zero-order valence-electron chi connectivity index (χ0n) is 6.94. The van der Waals surface area contributed by atoms with Gasteiger partial charge in [-0.2, -0.15) is 0 Å². The standard InChI is InChI=1S/C8H16O3/c1-4-6(9)3-7(10)5(2)8(4)11/h4-11H,3H2,1-2H3/t4-,5?,6?,7?,8?/m1/s1. The van der Waals surface area contributed by atoms with Crippen molar-refractivity contribution in [3.05, 3.63) is 0 Å². The van der Waals surface area contributed by atoms with E-state index in [0.717, 1.165) is 0 Å². The summed E-state index contributed by atoms with van der Waals surface area (Å²) in [5.41, 5.74) is 0. The summed E-state index contributed by atoms with van der Waals surface area (Å²) in [7, 11) is 0. The van der Waals surface area contributed by atoms with Crippen molar-refractivity contribution in [2.24, 2.45) is 11.8 Å². The summed E-state index contributed by atoms with van der Waals surface area (Å²) in [4.78, 5) is 0. The number of aliphatic hydroxyl groups is 3. The Hall–Kier alpha value is -0.120. The van der Waals surface area contributed by atoms with Gasteiger partial charge >= 0.3 is 0 Å². The molecule has 0 aromatic carbocycles. The van der Waals surface area contributed by atoms with E-state index in [1.807, 2.05) is 0 Å². The smallest absolute Gasteiger partial charge is 0.0640 e. The van der Waals surface area contributed by atoms with E-state index >= 15 is 0 Å². The molecule has 0 radical (unpaired) electrons. The molecule has 1 rings (SSSR count). The molecule has 0 amide bonds. The predicted molar refractivity (Wildman–Crippen MR) is 41.0 cm³/mol.